The largest absolute Gasteiger partial charge is 0.480 e. The van der Waals surface area contributed by atoms with E-state index in [-0.39, 0.29) is 12.6 Å². The van der Waals surface area contributed by atoms with Crippen molar-refractivity contribution in [1.29, 1.82) is 0 Å². The molecule has 0 aromatic heterocycles. The second-order valence-electron chi connectivity index (χ2n) is 5.27. The average molecular weight is 316 g/mol. The van der Waals surface area contributed by atoms with Gasteiger partial charge >= 0.3 is 5.97 Å². The first-order valence-electron chi connectivity index (χ1n) is 7.45. The number of aliphatic hydroxyl groups excluding tert-OH is 1. The summed E-state index contributed by atoms with van der Waals surface area (Å²) >= 11 is 0. The van der Waals surface area contributed by atoms with Crippen LogP contribution in [-0.4, -0.2) is 34.9 Å². The lowest BCUT2D eigenvalue weighted by molar-refractivity contribution is -0.138. The van der Waals surface area contributed by atoms with Gasteiger partial charge < -0.3 is 21.7 Å². The summed E-state index contributed by atoms with van der Waals surface area (Å²) in [5, 5.41) is 17.2. The molecular weight excluding hydrogens is 292 g/mol. The van der Waals surface area contributed by atoms with Gasteiger partial charge in [-0.2, -0.15) is 0 Å². The highest BCUT2D eigenvalue weighted by atomic mass is 16.4. The first kappa shape index (κ1) is 18.8. The van der Waals surface area contributed by atoms with Gasteiger partial charge in [-0.3, -0.25) is 4.79 Å². The van der Waals surface area contributed by atoms with Crippen LogP contribution in [0.5, 0.6) is 0 Å². The number of carboxylic acid groups (broad SMARTS) is 1. The third kappa shape index (κ3) is 8.11. The van der Waals surface area contributed by atoms with Gasteiger partial charge in [0.25, 0.3) is 0 Å². The van der Waals surface area contributed by atoms with E-state index in [9.17, 15) is 4.79 Å². The van der Waals surface area contributed by atoms with E-state index in [0.717, 1.165) is 12.0 Å². The third-order valence-corrected chi connectivity index (χ3v) is 3.19. The van der Waals surface area contributed by atoms with E-state index in [1.807, 2.05) is 60.7 Å². The molecule has 0 aliphatic carbocycles. The molecule has 0 aliphatic heterocycles. The Morgan fingerprint density at radius 2 is 1.30 bits per heavy atom. The van der Waals surface area contributed by atoms with Crippen molar-refractivity contribution in [2.45, 2.75) is 24.9 Å². The molecule has 0 heterocycles. The molecule has 23 heavy (non-hydrogen) atoms. The SMILES string of the molecule is N[C@@H](Cc1ccccc1)C(=O)O.N[C@H](CO)Cc1ccccc1. The molecule has 5 heteroatoms. The molecule has 6 N–H and O–H groups in total. The number of aliphatic hydroxyl groups is 1. The Hall–Kier alpha value is -2.21. The maximum absolute atomic E-state index is 10.4. The standard InChI is InChI=1S/C9H11NO2.C9H13NO/c10-8(9(11)12)6-7-4-2-1-3-5-7;10-9(7-11)6-8-4-2-1-3-5-8/h1-5,8H,6,10H2,(H,11,12);1-5,9,11H,6-7,10H2/t8-;9-/m00/s1. The number of rotatable bonds is 6. The minimum Gasteiger partial charge on any atom is -0.480 e. The molecule has 124 valence electrons. The summed E-state index contributed by atoms with van der Waals surface area (Å²) in [5.74, 6) is -0.959. The summed E-state index contributed by atoms with van der Waals surface area (Å²) in [4.78, 5) is 10.4. The maximum atomic E-state index is 10.4. The van der Waals surface area contributed by atoms with Gasteiger partial charge in [-0.25, -0.2) is 0 Å². The molecule has 0 amide bonds. The molecule has 0 fully saturated rings. The highest BCUT2D eigenvalue weighted by Crippen LogP contribution is 2.01. The summed E-state index contributed by atoms with van der Waals surface area (Å²) in [6.45, 7) is 0.0505. The van der Waals surface area contributed by atoms with E-state index in [1.165, 1.54) is 5.56 Å². The molecule has 2 rings (SSSR count). The maximum Gasteiger partial charge on any atom is 0.320 e. The predicted octanol–water partition coefficient (Wildman–Crippen LogP) is 1.19. The smallest absolute Gasteiger partial charge is 0.320 e. The van der Waals surface area contributed by atoms with Crippen LogP contribution in [0.4, 0.5) is 0 Å². The van der Waals surface area contributed by atoms with Gasteiger partial charge in [0, 0.05) is 6.04 Å². The van der Waals surface area contributed by atoms with Gasteiger partial charge in [0.1, 0.15) is 6.04 Å². The van der Waals surface area contributed by atoms with Crippen LogP contribution in [0.3, 0.4) is 0 Å². The van der Waals surface area contributed by atoms with Crippen LogP contribution in [0, 0.1) is 0 Å². The zero-order valence-corrected chi connectivity index (χ0v) is 13.0. The van der Waals surface area contributed by atoms with E-state index >= 15 is 0 Å². The number of aliphatic carboxylic acids is 1. The van der Waals surface area contributed by atoms with Crippen molar-refractivity contribution >= 4 is 5.97 Å². The van der Waals surface area contributed by atoms with E-state index in [4.69, 9.17) is 21.7 Å². The van der Waals surface area contributed by atoms with E-state index < -0.39 is 12.0 Å². The summed E-state index contributed by atoms with van der Waals surface area (Å²) in [6, 6.07) is 18.3. The zero-order chi connectivity index (χ0) is 17.1. The van der Waals surface area contributed by atoms with Gasteiger partial charge in [0.2, 0.25) is 0 Å². The van der Waals surface area contributed by atoms with Crippen LogP contribution in [-0.2, 0) is 17.6 Å². The highest BCUT2D eigenvalue weighted by Gasteiger charge is 2.10. The van der Waals surface area contributed by atoms with Crippen LogP contribution in [0.15, 0.2) is 60.7 Å². The monoisotopic (exact) mass is 316 g/mol. The second-order valence-corrected chi connectivity index (χ2v) is 5.27. The van der Waals surface area contributed by atoms with Gasteiger partial charge in [0.15, 0.2) is 0 Å². The summed E-state index contributed by atoms with van der Waals surface area (Å²) < 4.78 is 0. The summed E-state index contributed by atoms with van der Waals surface area (Å²) in [6.07, 6.45) is 1.13. The molecule has 0 unspecified atom stereocenters. The number of hydrogen-bond acceptors (Lipinski definition) is 4. The fraction of sp³-hybridized carbons (Fsp3) is 0.278. The van der Waals surface area contributed by atoms with Crippen molar-refractivity contribution in [3.05, 3.63) is 71.8 Å². The zero-order valence-electron chi connectivity index (χ0n) is 13.0. The van der Waals surface area contributed by atoms with Gasteiger partial charge in [-0.15, -0.1) is 0 Å². The summed E-state index contributed by atoms with van der Waals surface area (Å²) in [5.41, 5.74) is 13.0. The Balaban J connectivity index is 0.000000231. The molecule has 0 aliphatic rings. The first-order chi connectivity index (χ1) is 11.0. The lowest BCUT2D eigenvalue weighted by atomic mass is 10.1. The van der Waals surface area contributed by atoms with E-state index in [0.29, 0.717) is 6.42 Å². The molecule has 5 nitrogen and oxygen atoms in total. The number of hydrogen-bond donors (Lipinski definition) is 4. The lowest BCUT2D eigenvalue weighted by Crippen LogP contribution is -2.32. The normalized spacial score (nSPS) is 12.7. The van der Waals surface area contributed by atoms with Crippen molar-refractivity contribution in [3.8, 4) is 0 Å². The van der Waals surface area contributed by atoms with Crippen molar-refractivity contribution in [3.63, 3.8) is 0 Å². The first-order valence-corrected chi connectivity index (χ1v) is 7.45. The Labute approximate surface area is 136 Å². The fourth-order valence-electron chi connectivity index (χ4n) is 1.94. The molecule has 0 bridgehead atoms. The molecular formula is C18H24N2O3. The minimum absolute atomic E-state index is 0.0505. The number of carboxylic acids is 1. The molecule has 0 spiro atoms. The number of carbonyl (C=O) groups is 1. The second kappa shape index (κ2) is 10.5. The molecule has 2 atom stereocenters. The average Bonchev–Trinajstić information content (AvgIpc) is 2.57. The molecule has 0 saturated carbocycles. The Morgan fingerprint density at radius 3 is 1.70 bits per heavy atom. The van der Waals surface area contributed by atoms with E-state index in [1.54, 1.807) is 0 Å². The third-order valence-electron chi connectivity index (χ3n) is 3.19. The highest BCUT2D eigenvalue weighted by molar-refractivity contribution is 5.73. The van der Waals surface area contributed by atoms with Crippen LogP contribution in [0.25, 0.3) is 0 Å². The van der Waals surface area contributed by atoms with Crippen molar-refractivity contribution in [2.75, 3.05) is 6.61 Å². The van der Waals surface area contributed by atoms with Gasteiger partial charge in [-0.1, -0.05) is 60.7 Å². The van der Waals surface area contributed by atoms with Gasteiger partial charge in [0.05, 0.1) is 6.61 Å². The van der Waals surface area contributed by atoms with Crippen LogP contribution in [0.2, 0.25) is 0 Å². The molecule has 2 aromatic rings. The fourth-order valence-corrected chi connectivity index (χ4v) is 1.94. The predicted molar refractivity (Wildman–Crippen MR) is 91.0 cm³/mol. The minimum atomic E-state index is -0.959. The van der Waals surface area contributed by atoms with Crippen molar-refractivity contribution in [1.82, 2.24) is 0 Å². The Bertz CT molecular complexity index is 561. The Morgan fingerprint density at radius 1 is 0.870 bits per heavy atom. The lowest BCUT2D eigenvalue weighted by Gasteiger charge is -2.06. The number of nitrogens with two attached hydrogens (primary N) is 2. The Kier molecular flexibility index (Phi) is 8.60. The quantitative estimate of drug-likeness (QED) is 0.640. The molecule has 0 saturated heterocycles. The van der Waals surface area contributed by atoms with Gasteiger partial charge in [-0.05, 0) is 24.0 Å². The van der Waals surface area contributed by atoms with Crippen LogP contribution < -0.4 is 11.5 Å². The van der Waals surface area contributed by atoms with E-state index in [2.05, 4.69) is 0 Å². The summed E-state index contributed by atoms with van der Waals surface area (Å²) in [7, 11) is 0. The molecule has 0 radical (unpaired) electrons. The van der Waals surface area contributed by atoms with Crippen molar-refractivity contribution < 1.29 is 15.0 Å². The van der Waals surface area contributed by atoms with Crippen molar-refractivity contribution in [2.24, 2.45) is 11.5 Å². The molecule has 2 aromatic carbocycles. The number of benzene rings is 2. The van der Waals surface area contributed by atoms with Crippen LogP contribution >= 0.6 is 0 Å². The van der Waals surface area contributed by atoms with Crippen LogP contribution in [0.1, 0.15) is 11.1 Å². The topological polar surface area (TPSA) is 110 Å².